The first-order valence-electron chi connectivity index (χ1n) is 8.16. The summed E-state index contributed by atoms with van der Waals surface area (Å²) in [6.07, 6.45) is 1.64. The topological polar surface area (TPSA) is 37.4 Å². The van der Waals surface area contributed by atoms with Gasteiger partial charge < -0.3 is 0 Å². The number of sulfonamides is 1. The minimum atomic E-state index is -3.56. The first-order valence-corrected chi connectivity index (χ1v) is 9.98. The van der Waals surface area contributed by atoms with Gasteiger partial charge in [0.1, 0.15) is 0 Å². The van der Waals surface area contributed by atoms with Crippen LogP contribution >= 0.6 is 11.6 Å². The van der Waals surface area contributed by atoms with Crippen molar-refractivity contribution in [1.82, 2.24) is 4.31 Å². The Morgan fingerprint density at radius 1 is 1.08 bits per heavy atom. The molecule has 0 saturated carbocycles. The number of hydrogen-bond acceptors (Lipinski definition) is 2. The van der Waals surface area contributed by atoms with Crippen molar-refractivity contribution in [2.75, 3.05) is 6.54 Å². The number of hydrogen-bond donors (Lipinski definition) is 0. The van der Waals surface area contributed by atoms with Gasteiger partial charge in [0.2, 0.25) is 10.0 Å². The van der Waals surface area contributed by atoms with Crippen molar-refractivity contribution in [3.8, 4) is 0 Å². The molecule has 1 saturated heterocycles. The molecule has 3 rings (SSSR count). The van der Waals surface area contributed by atoms with Crippen LogP contribution in [0.25, 0.3) is 0 Å². The van der Waals surface area contributed by atoms with Crippen LogP contribution in [0, 0.1) is 20.8 Å². The summed E-state index contributed by atoms with van der Waals surface area (Å²) >= 11 is 6.33. The molecular weight excluding hydrogens is 342 g/mol. The van der Waals surface area contributed by atoms with Gasteiger partial charge in [0.25, 0.3) is 0 Å². The lowest BCUT2D eigenvalue weighted by atomic mass is 10.1. The average Bonchev–Trinajstić information content (AvgIpc) is 2.96. The monoisotopic (exact) mass is 363 g/mol. The fraction of sp³-hybridized carbons (Fsp3) is 0.368. The van der Waals surface area contributed by atoms with Crippen LogP contribution in [0.2, 0.25) is 5.02 Å². The molecule has 2 aromatic carbocycles. The van der Waals surface area contributed by atoms with Gasteiger partial charge in [0.05, 0.1) is 10.9 Å². The molecule has 1 heterocycles. The zero-order valence-corrected chi connectivity index (χ0v) is 15.8. The minimum Gasteiger partial charge on any atom is -0.207 e. The Labute approximate surface area is 149 Å². The van der Waals surface area contributed by atoms with E-state index in [0.717, 1.165) is 35.1 Å². The van der Waals surface area contributed by atoms with Crippen molar-refractivity contribution in [2.45, 2.75) is 44.6 Å². The lowest BCUT2D eigenvalue weighted by molar-refractivity contribution is 0.396. The Bertz CT molecular complexity index is 854. The van der Waals surface area contributed by atoms with Crippen molar-refractivity contribution in [2.24, 2.45) is 0 Å². The highest BCUT2D eigenvalue weighted by atomic mass is 35.5. The molecule has 24 heavy (non-hydrogen) atoms. The van der Waals surface area contributed by atoms with Crippen LogP contribution in [-0.4, -0.2) is 19.3 Å². The standard InChI is InChI=1S/C19H22ClNO2S/c1-13-11-14(2)19(15(3)12-13)24(22,23)21-10-6-9-18(21)16-7-4-5-8-17(16)20/h4-5,7-8,11-12,18H,6,9-10H2,1-3H3/t18-/m0/s1. The molecule has 5 heteroatoms. The summed E-state index contributed by atoms with van der Waals surface area (Å²) in [5.74, 6) is 0. The molecule has 0 aromatic heterocycles. The van der Waals surface area contributed by atoms with E-state index in [0.29, 0.717) is 16.5 Å². The average molecular weight is 364 g/mol. The Morgan fingerprint density at radius 2 is 1.71 bits per heavy atom. The minimum absolute atomic E-state index is 0.191. The summed E-state index contributed by atoms with van der Waals surface area (Å²) in [7, 11) is -3.56. The van der Waals surface area contributed by atoms with Crippen LogP contribution in [-0.2, 0) is 10.0 Å². The predicted molar refractivity (Wildman–Crippen MR) is 98.0 cm³/mol. The summed E-state index contributed by atoms with van der Waals surface area (Å²) in [5.41, 5.74) is 3.57. The molecule has 0 amide bonds. The fourth-order valence-electron chi connectivity index (χ4n) is 3.77. The zero-order valence-electron chi connectivity index (χ0n) is 14.2. The van der Waals surface area contributed by atoms with Crippen molar-refractivity contribution in [3.63, 3.8) is 0 Å². The maximum atomic E-state index is 13.4. The Hall–Kier alpha value is -1.36. The summed E-state index contributed by atoms with van der Waals surface area (Å²) < 4.78 is 28.4. The van der Waals surface area contributed by atoms with Gasteiger partial charge in [-0.3, -0.25) is 0 Å². The van der Waals surface area contributed by atoms with Crippen molar-refractivity contribution < 1.29 is 8.42 Å². The largest absolute Gasteiger partial charge is 0.244 e. The van der Waals surface area contributed by atoms with E-state index in [-0.39, 0.29) is 6.04 Å². The zero-order chi connectivity index (χ0) is 17.5. The van der Waals surface area contributed by atoms with E-state index in [1.807, 2.05) is 57.2 Å². The molecule has 0 radical (unpaired) electrons. The normalized spacial score (nSPS) is 18.9. The maximum absolute atomic E-state index is 13.4. The van der Waals surface area contributed by atoms with E-state index < -0.39 is 10.0 Å². The summed E-state index contributed by atoms with van der Waals surface area (Å²) in [5, 5.41) is 0.627. The molecule has 0 unspecified atom stereocenters. The fourth-order valence-corrected chi connectivity index (χ4v) is 6.13. The highest BCUT2D eigenvalue weighted by molar-refractivity contribution is 7.89. The predicted octanol–water partition coefficient (Wildman–Crippen LogP) is 4.79. The van der Waals surface area contributed by atoms with Gasteiger partial charge in [-0.1, -0.05) is 47.5 Å². The number of benzene rings is 2. The molecule has 1 aliphatic rings. The molecule has 3 nitrogen and oxygen atoms in total. The SMILES string of the molecule is Cc1cc(C)c(S(=O)(=O)N2CCC[C@H]2c2ccccc2Cl)c(C)c1. The second-order valence-electron chi connectivity index (χ2n) is 6.52. The molecule has 0 N–H and O–H groups in total. The van der Waals surface area contributed by atoms with Crippen LogP contribution in [0.3, 0.4) is 0 Å². The molecule has 128 valence electrons. The molecule has 1 aliphatic heterocycles. The Morgan fingerprint density at radius 3 is 2.33 bits per heavy atom. The molecule has 0 aliphatic carbocycles. The quantitative estimate of drug-likeness (QED) is 0.786. The Kier molecular flexibility index (Phi) is 4.73. The number of aryl methyl sites for hydroxylation is 3. The van der Waals surface area contributed by atoms with E-state index in [1.54, 1.807) is 4.31 Å². The van der Waals surface area contributed by atoms with Gasteiger partial charge in [-0.05, 0) is 56.4 Å². The van der Waals surface area contributed by atoms with Gasteiger partial charge in [0, 0.05) is 11.6 Å². The van der Waals surface area contributed by atoms with Crippen LogP contribution in [0.5, 0.6) is 0 Å². The number of nitrogens with zero attached hydrogens (tertiary/aromatic N) is 1. The van der Waals surface area contributed by atoms with Crippen molar-refractivity contribution in [3.05, 3.63) is 63.7 Å². The summed E-state index contributed by atoms with van der Waals surface area (Å²) in [6, 6.07) is 11.2. The molecule has 1 atom stereocenters. The van der Waals surface area contributed by atoms with Crippen molar-refractivity contribution >= 4 is 21.6 Å². The van der Waals surface area contributed by atoms with Crippen LogP contribution in [0.15, 0.2) is 41.3 Å². The summed E-state index contributed by atoms with van der Waals surface area (Å²) in [6.45, 7) is 6.25. The second kappa shape index (κ2) is 6.51. The van der Waals surface area contributed by atoms with Gasteiger partial charge in [-0.25, -0.2) is 8.42 Å². The second-order valence-corrected chi connectivity index (χ2v) is 8.76. The van der Waals surface area contributed by atoms with Crippen LogP contribution in [0.1, 0.15) is 41.1 Å². The van der Waals surface area contributed by atoms with E-state index in [4.69, 9.17) is 11.6 Å². The van der Waals surface area contributed by atoms with Gasteiger partial charge in [0.15, 0.2) is 0 Å². The highest BCUT2D eigenvalue weighted by Crippen LogP contribution is 2.40. The maximum Gasteiger partial charge on any atom is 0.244 e. The third kappa shape index (κ3) is 2.99. The van der Waals surface area contributed by atoms with Crippen LogP contribution in [0.4, 0.5) is 0 Å². The molecule has 1 fully saturated rings. The molecule has 0 spiro atoms. The number of rotatable bonds is 3. The van der Waals surface area contributed by atoms with Crippen molar-refractivity contribution in [1.29, 1.82) is 0 Å². The Balaban J connectivity index is 2.09. The van der Waals surface area contributed by atoms with E-state index in [9.17, 15) is 8.42 Å². The molecule has 0 bridgehead atoms. The third-order valence-electron chi connectivity index (χ3n) is 4.64. The first kappa shape index (κ1) is 17.5. The van der Waals surface area contributed by atoms with E-state index in [2.05, 4.69) is 0 Å². The van der Waals surface area contributed by atoms with Crippen LogP contribution < -0.4 is 0 Å². The number of halogens is 1. The highest BCUT2D eigenvalue weighted by Gasteiger charge is 2.38. The lowest BCUT2D eigenvalue weighted by Crippen LogP contribution is -2.31. The van der Waals surface area contributed by atoms with Gasteiger partial charge in [-0.2, -0.15) is 4.31 Å². The smallest absolute Gasteiger partial charge is 0.207 e. The van der Waals surface area contributed by atoms with E-state index >= 15 is 0 Å². The third-order valence-corrected chi connectivity index (χ3v) is 7.20. The molecule has 2 aromatic rings. The lowest BCUT2D eigenvalue weighted by Gasteiger charge is -2.26. The van der Waals surface area contributed by atoms with Gasteiger partial charge in [-0.15, -0.1) is 0 Å². The van der Waals surface area contributed by atoms with Gasteiger partial charge >= 0.3 is 0 Å². The summed E-state index contributed by atoms with van der Waals surface area (Å²) in [4.78, 5) is 0.437. The van der Waals surface area contributed by atoms with E-state index in [1.165, 1.54) is 0 Å². The first-order chi connectivity index (χ1) is 11.3. The molecular formula is C19H22ClNO2S.